The maximum Gasteiger partial charge on any atom is 0.200 e. The molecule has 0 aromatic carbocycles. The number of carbonyl (C=O) groups is 1. The van der Waals surface area contributed by atoms with Crippen molar-refractivity contribution in [1.82, 2.24) is 0 Å². The Balaban J connectivity index is 4.58. The molecule has 0 aromatic heterocycles. The van der Waals surface area contributed by atoms with E-state index in [0.717, 1.165) is 0 Å². The van der Waals surface area contributed by atoms with E-state index in [-0.39, 0.29) is 17.2 Å². The summed E-state index contributed by atoms with van der Waals surface area (Å²) in [5, 5.41) is 46.1. The van der Waals surface area contributed by atoms with E-state index < -0.39 is 36.8 Å². The molecule has 0 aliphatic rings. The maximum atomic E-state index is 11.6. The molecule has 0 aliphatic carbocycles. The van der Waals surface area contributed by atoms with Crippen LogP contribution in [0.3, 0.4) is 0 Å². The number of Topliss-reactive ketones (excluding diaryl/α,β-unsaturated/α-hetero) is 1. The lowest BCUT2D eigenvalue weighted by molar-refractivity contribution is -0.141. The largest absolute Gasteiger partial charge is 0.394 e. The molecule has 7 heteroatoms. The van der Waals surface area contributed by atoms with Gasteiger partial charge in [0.15, 0.2) is 0 Å². The topological polar surface area (TPSA) is 118 Å². The zero-order valence-electron chi connectivity index (χ0n) is 10.4. The zero-order valence-corrected chi connectivity index (χ0v) is 11.2. The smallest absolute Gasteiger partial charge is 0.200 e. The molecule has 0 aliphatic heterocycles. The molecule has 0 heterocycles. The van der Waals surface area contributed by atoms with Gasteiger partial charge < -0.3 is 25.5 Å². The van der Waals surface area contributed by atoms with Crippen LogP contribution in [-0.2, 0) is 4.79 Å². The normalized spacial score (nSPS) is 18.2. The quantitative estimate of drug-likeness (QED) is 0.340. The number of hydrogen-bond acceptors (Lipinski definition) is 7. The second-order valence-corrected chi connectivity index (χ2v) is 5.05. The summed E-state index contributed by atoms with van der Waals surface area (Å²) >= 11 is 4.81. The summed E-state index contributed by atoms with van der Waals surface area (Å²) in [6.07, 6.45) is -6.98. The Morgan fingerprint density at radius 1 is 1.11 bits per heavy atom. The van der Waals surface area contributed by atoms with E-state index in [4.69, 9.17) is 22.4 Å². The molecule has 0 spiro atoms. The van der Waals surface area contributed by atoms with Crippen molar-refractivity contribution >= 4 is 22.9 Å². The first-order chi connectivity index (χ1) is 8.22. The fraction of sp³-hybridized carbons (Fsp3) is 0.818. The third-order valence-electron chi connectivity index (χ3n) is 2.39. The second-order valence-electron chi connectivity index (χ2n) is 4.56. The van der Waals surface area contributed by atoms with E-state index in [1.807, 2.05) is 13.8 Å². The van der Waals surface area contributed by atoms with Gasteiger partial charge in [0.1, 0.15) is 24.4 Å². The van der Waals surface area contributed by atoms with Crippen LogP contribution in [0, 0.1) is 5.92 Å². The molecule has 0 radical (unpaired) electrons. The summed E-state index contributed by atoms with van der Waals surface area (Å²) in [6.45, 7) is 2.88. The van der Waals surface area contributed by atoms with E-state index in [0.29, 0.717) is 0 Å². The summed E-state index contributed by atoms with van der Waals surface area (Å²) in [6, 6.07) is 0. The Kier molecular flexibility index (Phi) is 7.69. The number of rotatable bonds is 8. The number of carbonyl (C=O) groups excluding carboxylic acids is 1. The van der Waals surface area contributed by atoms with Crippen molar-refractivity contribution in [2.24, 2.45) is 5.92 Å². The van der Waals surface area contributed by atoms with Crippen LogP contribution in [0.4, 0.5) is 0 Å². The molecule has 0 aromatic rings. The van der Waals surface area contributed by atoms with Gasteiger partial charge in [-0.2, -0.15) is 0 Å². The molecule has 18 heavy (non-hydrogen) atoms. The first kappa shape index (κ1) is 17.6. The van der Waals surface area contributed by atoms with Gasteiger partial charge >= 0.3 is 0 Å². The minimum Gasteiger partial charge on any atom is -0.394 e. The van der Waals surface area contributed by atoms with Gasteiger partial charge in [-0.1, -0.05) is 26.1 Å². The Bertz CT molecular complexity index is 293. The molecule has 0 saturated carbocycles. The SMILES string of the molecule is CC(C)CC(=S)C(=O)C(O)C(O)C(O)C(O)CO. The van der Waals surface area contributed by atoms with Gasteiger partial charge in [0.05, 0.1) is 11.5 Å². The highest BCUT2D eigenvalue weighted by Gasteiger charge is 2.35. The van der Waals surface area contributed by atoms with Crippen molar-refractivity contribution in [1.29, 1.82) is 0 Å². The van der Waals surface area contributed by atoms with Crippen molar-refractivity contribution in [3.63, 3.8) is 0 Å². The highest BCUT2D eigenvalue weighted by molar-refractivity contribution is 7.82. The minimum absolute atomic E-state index is 0.0257. The molecule has 4 atom stereocenters. The highest BCUT2D eigenvalue weighted by Crippen LogP contribution is 2.10. The monoisotopic (exact) mass is 280 g/mol. The van der Waals surface area contributed by atoms with Crippen molar-refractivity contribution in [2.45, 2.75) is 44.7 Å². The maximum absolute atomic E-state index is 11.6. The third kappa shape index (κ3) is 5.05. The number of aliphatic hydroxyl groups excluding tert-OH is 5. The second kappa shape index (κ2) is 7.88. The van der Waals surface area contributed by atoms with Crippen molar-refractivity contribution in [3.8, 4) is 0 Å². The van der Waals surface area contributed by atoms with Gasteiger partial charge in [-0.15, -0.1) is 0 Å². The zero-order chi connectivity index (χ0) is 14.5. The van der Waals surface area contributed by atoms with E-state index in [2.05, 4.69) is 0 Å². The van der Waals surface area contributed by atoms with E-state index in [1.165, 1.54) is 0 Å². The molecule has 0 saturated heterocycles. The first-order valence-corrected chi connectivity index (χ1v) is 6.03. The van der Waals surface area contributed by atoms with E-state index in [9.17, 15) is 20.1 Å². The molecule has 0 rings (SSSR count). The predicted molar refractivity (Wildman–Crippen MR) is 68.2 cm³/mol. The molecule has 106 valence electrons. The van der Waals surface area contributed by atoms with E-state index >= 15 is 0 Å². The lowest BCUT2D eigenvalue weighted by Gasteiger charge is -2.25. The van der Waals surface area contributed by atoms with Crippen LogP contribution in [0.15, 0.2) is 0 Å². The Hall–Kier alpha value is -0.440. The molecule has 6 nitrogen and oxygen atoms in total. The summed E-state index contributed by atoms with van der Waals surface area (Å²) in [4.78, 5) is 11.6. The Morgan fingerprint density at radius 2 is 1.61 bits per heavy atom. The number of hydrogen-bond donors (Lipinski definition) is 5. The standard InChI is InChI=1S/C11H20O6S/c1-5(2)3-7(18)9(15)11(17)10(16)8(14)6(13)4-12/h5-6,8,10-14,16-17H,3-4H2,1-2H3. The fourth-order valence-corrected chi connectivity index (χ4v) is 1.77. The number of thiocarbonyl (C=S) groups is 1. The molecular formula is C11H20O6S. The summed E-state index contributed by atoms with van der Waals surface area (Å²) in [5.41, 5.74) is 0. The van der Waals surface area contributed by atoms with E-state index in [1.54, 1.807) is 0 Å². The Labute approximate surface area is 111 Å². The number of ketones is 1. The van der Waals surface area contributed by atoms with Gasteiger partial charge in [0.2, 0.25) is 5.78 Å². The Morgan fingerprint density at radius 3 is 2.00 bits per heavy atom. The molecule has 0 bridgehead atoms. The molecule has 0 amide bonds. The average molecular weight is 280 g/mol. The molecule has 4 unspecified atom stereocenters. The van der Waals surface area contributed by atoms with Crippen LogP contribution < -0.4 is 0 Å². The lowest BCUT2D eigenvalue weighted by atomic mass is 9.96. The van der Waals surface area contributed by atoms with Crippen LogP contribution in [0.2, 0.25) is 0 Å². The van der Waals surface area contributed by atoms with Crippen LogP contribution in [0.25, 0.3) is 0 Å². The van der Waals surface area contributed by atoms with Gasteiger partial charge in [-0.25, -0.2) is 0 Å². The van der Waals surface area contributed by atoms with Crippen LogP contribution >= 0.6 is 12.2 Å². The molecular weight excluding hydrogens is 260 g/mol. The predicted octanol–water partition coefficient (Wildman–Crippen LogP) is -1.59. The summed E-state index contributed by atoms with van der Waals surface area (Å²) in [5.74, 6) is -0.728. The molecule has 5 N–H and O–H groups in total. The minimum atomic E-state index is -1.91. The lowest BCUT2D eigenvalue weighted by Crippen LogP contribution is -2.50. The van der Waals surface area contributed by atoms with Gasteiger partial charge in [0.25, 0.3) is 0 Å². The van der Waals surface area contributed by atoms with Gasteiger partial charge in [0, 0.05) is 0 Å². The highest BCUT2D eigenvalue weighted by atomic mass is 32.1. The van der Waals surface area contributed by atoms with Crippen molar-refractivity contribution in [2.75, 3.05) is 6.61 Å². The average Bonchev–Trinajstić information content (AvgIpc) is 2.33. The van der Waals surface area contributed by atoms with Crippen LogP contribution in [0.1, 0.15) is 20.3 Å². The number of aliphatic hydroxyl groups is 5. The van der Waals surface area contributed by atoms with Gasteiger partial charge in [-0.3, -0.25) is 4.79 Å². The van der Waals surface area contributed by atoms with Gasteiger partial charge in [-0.05, 0) is 12.3 Å². The van der Waals surface area contributed by atoms with Crippen LogP contribution in [0.5, 0.6) is 0 Å². The van der Waals surface area contributed by atoms with Crippen LogP contribution in [-0.4, -0.2) is 67.2 Å². The molecule has 0 fully saturated rings. The summed E-state index contributed by atoms with van der Waals surface area (Å²) < 4.78 is 0. The third-order valence-corrected chi connectivity index (χ3v) is 2.76. The van der Waals surface area contributed by atoms with Crippen molar-refractivity contribution < 1.29 is 30.3 Å². The first-order valence-electron chi connectivity index (χ1n) is 5.62. The fourth-order valence-electron chi connectivity index (χ4n) is 1.31. The summed E-state index contributed by atoms with van der Waals surface area (Å²) in [7, 11) is 0. The van der Waals surface area contributed by atoms with Crippen molar-refractivity contribution in [3.05, 3.63) is 0 Å².